The molecule has 0 radical (unpaired) electrons. The summed E-state index contributed by atoms with van der Waals surface area (Å²) in [6.45, 7) is 11.7. The summed E-state index contributed by atoms with van der Waals surface area (Å²) in [4.78, 5) is 11.3. The van der Waals surface area contributed by atoms with Gasteiger partial charge in [-0.15, -0.1) is 0 Å². The van der Waals surface area contributed by atoms with Crippen LogP contribution in [0.25, 0.3) is 11.6 Å². The second-order valence-corrected chi connectivity index (χ2v) is 9.87. The number of carboxylic acids is 1. The monoisotopic (exact) mass is 374 g/mol. The molecule has 0 spiro atoms. The molecule has 28 heavy (non-hydrogen) atoms. The highest BCUT2D eigenvalue weighted by molar-refractivity contribution is 5.91. The van der Waals surface area contributed by atoms with Crippen LogP contribution in [-0.4, -0.2) is 11.1 Å². The third-order valence-corrected chi connectivity index (χ3v) is 6.93. The Kier molecular flexibility index (Phi) is 4.30. The molecule has 0 fully saturated rings. The second-order valence-electron chi connectivity index (χ2n) is 9.87. The van der Waals surface area contributed by atoms with E-state index < -0.39 is 5.97 Å². The van der Waals surface area contributed by atoms with Gasteiger partial charge in [-0.2, -0.15) is 0 Å². The van der Waals surface area contributed by atoms with E-state index >= 15 is 0 Å². The fraction of sp³-hybridized carbons (Fsp3) is 0.423. The van der Waals surface area contributed by atoms with Gasteiger partial charge < -0.3 is 5.11 Å². The van der Waals surface area contributed by atoms with Crippen LogP contribution in [0.15, 0.2) is 30.3 Å². The Morgan fingerprint density at radius 3 is 2.25 bits per heavy atom. The van der Waals surface area contributed by atoms with Crippen molar-refractivity contribution in [2.24, 2.45) is 0 Å². The zero-order chi connectivity index (χ0) is 20.3. The molecule has 2 aromatic carbocycles. The van der Waals surface area contributed by atoms with Crippen molar-refractivity contribution in [2.75, 3.05) is 0 Å². The van der Waals surface area contributed by atoms with Gasteiger partial charge in [0.15, 0.2) is 0 Å². The van der Waals surface area contributed by atoms with Gasteiger partial charge in [0.2, 0.25) is 0 Å². The average molecular weight is 375 g/mol. The molecule has 0 unspecified atom stereocenters. The Bertz CT molecular complexity index is 1010. The van der Waals surface area contributed by atoms with E-state index in [2.05, 4.69) is 52.8 Å². The minimum Gasteiger partial charge on any atom is -0.478 e. The zero-order valence-corrected chi connectivity index (χ0v) is 17.6. The van der Waals surface area contributed by atoms with Crippen LogP contribution >= 0.6 is 0 Å². The van der Waals surface area contributed by atoms with E-state index in [0.29, 0.717) is 5.56 Å². The zero-order valence-electron chi connectivity index (χ0n) is 17.6. The number of aromatic carboxylic acids is 1. The summed E-state index contributed by atoms with van der Waals surface area (Å²) in [5, 5.41) is 9.24. The Morgan fingerprint density at radius 1 is 0.964 bits per heavy atom. The molecule has 2 nitrogen and oxygen atoms in total. The van der Waals surface area contributed by atoms with Crippen molar-refractivity contribution in [3.63, 3.8) is 0 Å². The van der Waals surface area contributed by atoms with Crippen molar-refractivity contribution in [2.45, 2.75) is 71.1 Å². The average Bonchev–Trinajstić information content (AvgIpc) is 3.02. The molecular weight excluding hydrogens is 344 g/mol. The number of benzene rings is 2. The molecule has 0 bridgehead atoms. The summed E-state index contributed by atoms with van der Waals surface area (Å²) in [6.07, 6.45) is 6.67. The summed E-state index contributed by atoms with van der Waals surface area (Å²) in [5.41, 5.74) is 10.1. The van der Waals surface area contributed by atoms with E-state index in [4.69, 9.17) is 0 Å². The van der Waals surface area contributed by atoms with Crippen LogP contribution in [0.5, 0.6) is 0 Å². The lowest BCUT2D eigenvalue weighted by molar-refractivity contribution is 0.0697. The van der Waals surface area contributed by atoms with Gasteiger partial charge in [0, 0.05) is 0 Å². The summed E-state index contributed by atoms with van der Waals surface area (Å²) in [7, 11) is 0. The third kappa shape index (κ3) is 3.09. The van der Waals surface area contributed by atoms with Crippen molar-refractivity contribution in [3.05, 3.63) is 69.3 Å². The Labute approximate surface area is 168 Å². The number of aryl methyl sites for hydroxylation is 2. The first-order chi connectivity index (χ1) is 13.1. The first kappa shape index (κ1) is 19.0. The highest BCUT2D eigenvalue weighted by atomic mass is 16.4. The summed E-state index contributed by atoms with van der Waals surface area (Å²) < 4.78 is 0. The van der Waals surface area contributed by atoms with E-state index in [1.807, 2.05) is 12.1 Å². The van der Waals surface area contributed by atoms with Crippen LogP contribution in [0.2, 0.25) is 0 Å². The van der Waals surface area contributed by atoms with Crippen LogP contribution in [0, 0.1) is 6.92 Å². The van der Waals surface area contributed by atoms with Crippen molar-refractivity contribution < 1.29 is 9.90 Å². The van der Waals surface area contributed by atoms with Gasteiger partial charge in [-0.25, -0.2) is 4.79 Å². The van der Waals surface area contributed by atoms with Crippen LogP contribution in [0.1, 0.15) is 90.7 Å². The van der Waals surface area contributed by atoms with Crippen molar-refractivity contribution in [1.82, 2.24) is 0 Å². The van der Waals surface area contributed by atoms with Gasteiger partial charge in [-0.1, -0.05) is 52.0 Å². The fourth-order valence-electron chi connectivity index (χ4n) is 4.88. The number of allylic oxidation sites excluding steroid dienone is 1. The topological polar surface area (TPSA) is 37.3 Å². The van der Waals surface area contributed by atoms with Crippen molar-refractivity contribution in [3.8, 4) is 0 Å². The molecule has 0 heterocycles. The molecule has 0 atom stereocenters. The molecule has 4 rings (SSSR count). The number of carboxylic acid groups (broad SMARTS) is 1. The Morgan fingerprint density at radius 2 is 1.61 bits per heavy atom. The lowest BCUT2D eigenvalue weighted by Gasteiger charge is -2.42. The predicted molar refractivity (Wildman–Crippen MR) is 116 cm³/mol. The van der Waals surface area contributed by atoms with Crippen LogP contribution in [0.3, 0.4) is 0 Å². The molecule has 146 valence electrons. The van der Waals surface area contributed by atoms with Crippen molar-refractivity contribution >= 4 is 17.6 Å². The number of hydrogen-bond donors (Lipinski definition) is 1. The molecular formula is C26H30O2. The van der Waals surface area contributed by atoms with Crippen LogP contribution in [0.4, 0.5) is 0 Å². The second kappa shape index (κ2) is 6.34. The minimum atomic E-state index is -0.851. The van der Waals surface area contributed by atoms with Gasteiger partial charge in [0.25, 0.3) is 0 Å². The molecule has 2 aromatic rings. The molecule has 2 heteroatoms. The largest absolute Gasteiger partial charge is 0.478 e. The van der Waals surface area contributed by atoms with Crippen molar-refractivity contribution in [1.29, 1.82) is 0 Å². The molecule has 0 aromatic heterocycles. The maximum absolute atomic E-state index is 11.3. The summed E-state index contributed by atoms with van der Waals surface area (Å²) in [6, 6.07) is 10.4. The van der Waals surface area contributed by atoms with Gasteiger partial charge in [0.05, 0.1) is 5.56 Å². The molecule has 1 N–H and O–H groups in total. The molecule has 0 saturated carbocycles. The normalized spacial score (nSPS) is 20.7. The number of hydrogen-bond acceptors (Lipinski definition) is 1. The first-order valence-corrected chi connectivity index (χ1v) is 10.3. The third-order valence-electron chi connectivity index (χ3n) is 6.93. The van der Waals surface area contributed by atoms with E-state index in [-0.39, 0.29) is 10.8 Å². The maximum Gasteiger partial charge on any atom is 0.335 e. The first-order valence-electron chi connectivity index (χ1n) is 10.3. The van der Waals surface area contributed by atoms with E-state index in [0.717, 1.165) is 18.4 Å². The highest BCUT2D eigenvalue weighted by Gasteiger charge is 2.37. The van der Waals surface area contributed by atoms with Crippen LogP contribution < -0.4 is 0 Å². The SMILES string of the molecule is Cc1cc2c(cc1/C=C1\CCc3cc(C(=O)O)ccc31)C(C)(C)CCC2(C)C. The summed E-state index contributed by atoms with van der Waals surface area (Å²) in [5.74, 6) is -0.851. The van der Waals surface area contributed by atoms with E-state index in [1.54, 1.807) is 6.07 Å². The Balaban J connectivity index is 1.80. The predicted octanol–water partition coefficient (Wildman–Crippen LogP) is 6.53. The number of fused-ring (bicyclic) bond motifs is 2. The Hall–Kier alpha value is -2.35. The molecule has 0 amide bonds. The molecule has 2 aliphatic carbocycles. The van der Waals surface area contributed by atoms with Gasteiger partial charge in [-0.3, -0.25) is 0 Å². The fourth-order valence-corrected chi connectivity index (χ4v) is 4.88. The lowest BCUT2D eigenvalue weighted by Crippen LogP contribution is -2.34. The minimum absolute atomic E-state index is 0.204. The highest BCUT2D eigenvalue weighted by Crippen LogP contribution is 2.47. The number of carbonyl (C=O) groups is 1. The van der Waals surface area contributed by atoms with Gasteiger partial charge in [-0.05, 0) is 94.5 Å². The lowest BCUT2D eigenvalue weighted by atomic mass is 9.62. The van der Waals surface area contributed by atoms with E-state index in [1.165, 1.54) is 46.2 Å². The smallest absolute Gasteiger partial charge is 0.335 e. The van der Waals surface area contributed by atoms with Gasteiger partial charge in [0.1, 0.15) is 0 Å². The molecule has 0 saturated heterocycles. The maximum atomic E-state index is 11.3. The number of rotatable bonds is 2. The molecule has 0 aliphatic heterocycles. The van der Waals surface area contributed by atoms with E-state index in [9.17, 15) is 9.90 Å². The summed E-state index contributed by atoms with van der Waals surface area (Å²) >= 11 is 0. The quantitative estimate of drug-likeness (QED) is 0.649. The standard InChI is InChI=1S/C26H30O2/c1-16-12-22-23(26(4,5)11-10-25(22,2)3)15-20(16)14-18-7-6-17-13-19(24(27)28)8-9-21(17)18/h8-9,12-15H,6-7,10-11H2,1-5H3,(H,27,28)/b18-14+. The molecule has 2 aliphatic rings. The van der Waals surface area contributed by atoms with Crippen LogP contribution in [-0.2, 0) is 17.3 Å². The van der Waals surface area contributed by atoms with Gasteiger partial charge >= 0.3 is 5.97 Å².